The molecule has 0 radical (unpaired) electrons. The second-order valence-corrected chi connectivity index (χ2v) is 5.02. The minimum Gasteiger partial charge on any atom is -0.358 e. The summed E-state index contributed by atoms with van der Waals surface area (Å²) in [6.45, 7) is 3.68. The molecule has 1 heterocycles. The Balaban J connectivity index is 2.14. The van der Waals surface area contributed by atoms with Gasteiger partial charge in [-0.3, -0.25) is 4.79 Å². The summed E-state index contributed by atoms with van der Waals surface area (Å²) < 4.78 is 13.5. The molecule has 1 aliphatic carbocycles. The van der Waals surface area contributed by atoms with Crippen molar-refractivity contribution in [1.29, 1.82) is 0 Å². The lowest BCUT2D eigenvalue weighted by Crippen LogP contribution is -2.25. The van der Waals surface area contributed by atoms with Gasteiger partial charge in [0.05, 0.1) is 5.56 Å². The maximum absolute atomic E-state index is 13.5. The molecule has 3 nitrogen and oxygen atoms in total. The molecule has 94 valence electrons. The van der Waals surface area contributed by atoms with Crippen molar-refractivity contribution < 1.29 is 9.18 Å². The minimum absolute atomic E-state index is 0.105. The van der Waals surface area contributed by atoms with Gasteiger partial charge in [0, 0.05) is 22.6 Å². The summed E-state index contributed by atoms with van der Waals surface area (Å²) in [5, 5.41) is 3.62. The van der Waals surface area contributed by atoms with Gasteiger partial charge in [-0.1, -0.05) is 0 Å². The van der Waals surface area contributed by atoms with Crippen LogP contribution in [-0.2, 0) is 0 Å². The van der Waals surface area contributed by atoms with E-state index in [1.54, 1.807) is 0 Å². The topological polar surface area (TPSA) is 44.9 Å². The number of rotatable bonds is 2. The van der Waals surface area contributed by atoms with E-state index >= 15 is 0 Å². The lowest BCUT2D eigenvalue weighted by molar-refractivity contribution is 0.0952. The summed E-state index contributed by atoms with van der Waals surface area (Å²) in [4.78, 5) is 15.3. The van der Waals surface area contributed by atoms with Gasteiger partial charge in [0.1, 0.15) is 5.82 Å². The van der Waals surface area contributed by atoms with E-state index in [-0.39, 0.29) is 11.7 Å². The molecular formula is C14H15FN2O. The SMILES string of the molecule is Cc1[nH]c2c(C)cc(F)cc2c1C(=O)NC1CC1. The fourth-order valence-electron chi connectivity index (χ4n) is 2.34. The minimum atomic E-state index is -0.306. The third kappa shape index (κ3) is 1.78. The Bertz CT molecular complexity index is 641. The molecule has 0 saturated heterocycles. The number of halogens is 1. The Hall–Kier alpha value is -1.84. The monoisotopic (exact) mass is 246 g/mol. The molecule has 1 saturated carbocycles. The highest BCUT2D eigenvalue weighted by Gasteiger charge is 2.26. The summed E-state index contributed by atoms with van der Waals surface area (Å²) in [6.07, 6.45) is 2.08. The highest BCUT2D eigenvalue weighted by molar-refractivity contribution is 6.08. The Labute approximate surface area is 104 Å². The average Bonchev–Trinajstić information content (AvgIpc) is 3.01. The fourth-order valence-corrected chi connectivity index (χ4v) is 2.34. The average molecular weight is 246 g/mol. The van der Waals surface area contributed by atoms with Gasteiger partial charge in [0.15, 0.2) is 0 Å². The molecular weight excluding hydrogens is 231 g/mol. The summed E-state index contributed by atoms with van der Waals surface area (Å²) in [6, 6.07) is 3.20. The maximum Gasteiger partial charge on any atom is 0.253 e. The second-order valence-electron chi connectivity index (χ2n) is 5.02. The largest absolute Gasteiger partial charge is 0.358 e. The Morgan fingerprint density at radius 3 is 2.78 bits per heavy atom. The normalized spacial score (nSPS) is 15.1. The standard InChI is InChI=1S/C14H15FN2O/c1-7-5-9(15)6-11-12(8(2)16-13(7)11)14(18)17-10-3-4-10/h5-6,10,16H,3-4H2,1-2H3,(H,17,18). The summed E-state index contributed by atoms with van der Waals surface area (Å²) in [5.41, 5.74) is 3.02. The molecule has 3 rings (SSSR count). The van der Waals surface area contributed by atoms with Crippen LogP contribution in [-0.4, -0.2) is 16.9 Å². The number of hydrogen-bond acceptors (Lipinski definition) is 1. The third-order valence-electron chi connectivity index (χ3n) is 3.40. The molecule has 1 aromatic carbocycles. The molecule has 0 atom stereocenters. The van der Waals surface area contributed by atoms with Crippen LogP contribution in [0.5, 0.6) is 0 Å². The van der Waals surface area contributed by atoms with Crippen LogP contribution in [0.3, 0.4) is 0 Å². The molecule has 2 N–H and O–H groups in total. The third-order valence-corrected chi connectivity index (χ3v) is 3.40. The van der Waals surface area contributed by atoms with Crippen LogP contribution in [0.4, 0.5) is 4.39 Å². The predicted molar refractivity (Wildman–Crippen MR) is 68.2 cm³/mol. The van der Waals surface area contributed by atoms with Crippen LogP contribution in [0, 0.1) is 19.7 Å². The Morgan fingerprint density at radius 2 is 2.11 bits per heavy atom. The van der Waals surface area contributed by atoms with Crippen molar-refractivity contribution in [2.75, 3.05) is 0 Å². The van der Waals surface area contributed by atoms with Crippen LogP contribution >= 0.6 is 0 Å². The number of hydrogen-bond donors (Lipinski definition) is 2. The van der Waals surface area contributed by atoms with Crippen LogP contribution in [0.15, 0.2) is 12.1 Å². The number of aryl methyl sites for hydroxylation is 2. The summed E-state index contributed by atoms with van der Waals surface area (Å²) >= 11 is 0. The predicted octanol–water partition coefficient (Wildman–Crippen LogP) is 2.82. The van der Waals surface area contributed by atoms with E-state index in [0.717, 1.165) is 29.6 Å². The highest BCUT2D eigenvalue weighted by atomic mass is 19.1. The molecule has 1 fully saturated rings. The van der Waals surface area contributed by atoms with Gasteiger partial charge in [-0.2, -0.15) is 0 Å². The number of aromatic amines is 1. The van der Waals surface area contributed by atoms with Gasteiger partial charge < -0.3 is 10.3 Å². The second kappa shape index (κ2) is 3.83. The van der Waals surface area contributed by atoms with E-state index < -0.39 is 0 Å². The molecule has 0 bridgehead atoms. The van der Waals surface area contributed by atoms with Gasteiger partial charge >= 0.3 is 0 Å². The van der Waals surface area contributed by atoms with E-state index in [1.807, 2.05) is 13.8 Å². The molecule has 18 heavy (non-hydrogen) atoms. The fraction of sp³-hybridized carbons (Fsp3) is 0.357. The van der Waals surface area contributed by atoms with Crippen molar-refractivity contribution in [2.45, 2.75) is 32.7 Å². The molecule has 0 unspecified atom stereocenters. The van der Waals surface area contributed by atoms with Gasteiger partial charge in [-0.15, -0.1) is 0 Å². The molecule has 1 amide bonds. The Morgan fingerprint density at radius 1 is 1.39 bits per heavy atom. The smallest absolute Gasteiger partial charge is 0.253 e. The van der Waals surface area contributed by atoms with Crippen molar-refractivity contribution in [3.63, 3.8) is 0 Å². The van der Waals surface area contributed by atoms with Crippen molar-refractivity contribution >= 4 is 16.8 Å². The van der Waals surface area contributed by atoms with Gasteiger partial charge in [0.2, 0.25) is 0 Å². The first-order chi connectivity index (χ1) is 8.56. The number of carbonyl (C=O) groups excluding carboxylic acids is 1. The van der Waals surface area contributed by atoms with Crippen molar-refractivity contribution in [1.82, 2.24) is 10.3 Å². The summed E-state index contributed by atoms with van der Waals surface area (Å²) in [5.74, 6) is -0.411. The highest BCUT2D eigenvalue weighted by Crippen LogP contribution is 2.27. The molecule has 1 aliphatic rings. The Kier molecular flexibility index (Phi) is 2.40. The zero-order valence-electron chi connectivity index (χ0n) is 10.4. The van der Waals surface area contributed by atoms with Gasteiger partial charge in [-0.25, -0.2) is 4.39 Å². The molecule has 0 spiro atoms. The number of H-pyrrole nitrogens is 1. The maximum atomic E-state index is 13.5. The van der Waals surface area contributed by atoms with Gasteiger partial charge in [0.25, 0.3) is 5.91 Å². The van der Waals surface area contributed by atoms with Crippen molar-refractivity contribution in [2.24, 2.45) is 0 Å². The number of nitrogens with one attached hydrogen (secondary N) is 2. The number of aromatic nitrogens is 1. The van der Waals surface area contributed by atoms with E-state index in [9.17, 15) is 9.18 Å². The van der Waals surface area contributed by atoms with Crippen LogP contribution < -0.4 is 5.32 Å². The molecule has 1 aromatic heterocycles. The van der Waals surface area contributed by atoms with Crippen LogP contribution in [0.1, 0.15) is 34.5 Å². The first-order valence-corrected chi connectivity index (χ1v) is 6.15. The summed E-state index contributed by atoms with van der Waals surface area (Å²) in [7, 11) is 0. The van der Waals surface area contributed by atoms with Crippen LogP contribution in [0.25, 0.3) is 10.9 Å². The first-order valence-electron chi connectivity index (χ1n) is 6.15. The molecule has 0 aliphatic heterocycles. The van der Waals surface area contributed by atoms with Crippen molar-refractivity contribution in [3.05, 3.63) is 34.8 Å². The molecule has 2 aromatic rings. The van der Waals surface area contributed by atoms with Crippen LogP contribution in [0.2, 0.25) is 0 Å². The van der Waals surface area contributed by atoms with E-state index in [4.69, 9.17) is 0 Å². The number of amides is 1. The zero-order valence-corrected chi connectivity index (χ0v) is 10.4. The first kappa shape index (κ1) is 11.3. The quantitative estimate of drug-likeness (QED) is 0.840. The number of fused-ring (bicyclic) bond motifs is 1. The lowest BCUT2D eigenvalue weighted by Gasteiger charge is -2.03. The van der Waals surface area contributed by atoms with E-state index in [0.29, 0.717) is 17.0 Å². The van der Waals surface area contributed by atoms with Crippen molar-refractivity contribution in [3.8, 4) is 0 Å². The zero-order chi connectivity index (χ0) is 12.9. The lowest BCUT2D eigenvalue weighted by atomic mass is 10.1. The van der Waals surface area contributed by atoms with Gasteiger partial charge in [-0.05, 0) is 44.4 Å². The molecule has 4 heteroatoms. The number of carbonyl (C=O) groups is 1. The van der Waals surface area contributed by atoms with E-state index in [1.165, 1.54) is 12.1 Å². The number of benzene rings is 1. The van der Waals surface area contributed by atoms with E-state index in [2.05, 4.69) is 10.3 Å².